The number of thioether (sulfide) groups is 1. The molecule has 0 radical (unpaired) electrons. The molecule has 140 valence electrons. The monoisotopic (exact) mass is 508 g/mol. The van der Waals surface area contributed by atoms with Crippen molar-refractivity contribution in [2.45, 2.75) is 30.6 Å². The Labute approximate surface area is 169 Å². The van der Waals surface area contributed by atoms with E-state index in [1.807, 2.05) is 29.2 Å². The van der Waals surface area contributed by atoms with Gasteiger partial charge in [0.2, 0.25) is 5.91 Å². The first kappa shape index (κ1) is 19.6. The topological polar surface area (TPSA) is 104 Å². The SMILES string of the molecule is O=C(O)CCCC(=O)N=C1S[C@@H]2CS(=O)(=O)C[C@H]2N1c1cccc(I)c1. The molecule has 0 aliphatic carbocycles. The zero-order valence-corrected chi connectivity index (χ0v) is 17.5. The summed E-state index contributed by atoms with van der Waals surface area (Å²) in [6.07, 6.45) is 0.220. The Hall–Kier alpha value is -1.14. The number of carboxylic acid groups (broad SMARTS) is 1. The zero-order chi connectivity index (χ0) is 18.9. The van der Waals surface area contributed by atoms with Crippen LogP contribution >= 0.6 is 34.4 Å². The van der Waals surface area contributed by atoms with Crippen LogP contribution in [0.15, 0.2) is 29.3 Å². The highest BCUT2D eigenvalue weighted by Crippen LogP contribution is 2.41. The largest absolute Gasteiger partial charge is 0.481 e. The molecule has 2 aliphatic heterocycles. The lowest BCUT2D eigenvalue weighted by molar-refractivity contribution is -0.137. The number of benzene rings is 1. The second-order valence-electron chi connectivity index (χ2n) is 6.19. The molecule has 1 aromatic rings. The number of nitrogens with zero attached hydrogens (tertiary/aromatic N) is 2. The number of hydrogen-bond acceptors (Lipinski definition) is 5. The quantitative estimate of drug-likeness (QED) is 0.608. The number of carboxylic acids is 1. The summed E-state index contributed by atoms with van der Waals surface area (Å²) in [5.41, 5.74) is 0.811. The summed E-state index contributed by atoms with van der Waals surface area (Å²) in [6.45, 7) is 0. The van der Waals surface area contributed by atoms with E-state index in [-0.39, 0.29) is 48.0 Å². The van der Waals surface area contributed by atoms with Gasteiger partial charge in [0.05, 0.1) is 17.5 Å². The second-order valence-corrected chi connectivity index (χ2v) is 10.8. The Kier molecular flexibility index (Phi) is 5.92. The zero-order valence-electron chi connectivity index (χ0n) is 13.7. The molecule has 2 heterocycles. The number of fused-ring (bicyclic) bond motifs is 1. The van der Waals surface area contributed by atoms with Crippen molar-refractivity contribution < 1.29 is 23.1 Å². The molecule has 3 rings (SSSR count). The summed E-state index contributed by atoms with van der Waals surface area (Å²) in [4.78, 5) is 28.7. The van der Waals surface area contributed by atoms with Crippen molar-refractivity contribution in [3.8, 4) is 0 Å². The third-order valence-corrected chi connectivity index (χ3v) is 8.04. The summed E-state index contributed by atoms with van der Waals surface area (Å²) in [7, 11) is -3.10. The van der Waals surface area contributed by atoms with Crippen LogP contribution in [0.25, 0.3) is 0 Å². The van der Waals surface area contributed by atoms with Crippen LogP contribution in [0.5, 0.6) is 0 Å². The highest BCUT2D eigenvalue weighted by Gasteiger charge is 2.49. The van der Waals surface area contributed by atoms with Crippen molar-refractivity contribution >= 4 is 66.9 Å². The number of sulfone groups is 1. The molecule has 2 atom stereocenters. The lowest BCUT2D eigenvalue weighted by Crippen LogP contribution is -2.37. The third kappa shape index (κ3) is 4.58. The summed E-state index contributed by atoms with van der Waals surface area (Å²) < 4.78 is 25.0. The van der Waals surface area contributed by atoms with E-state index in [4.69, 9.17) is 5.11 Å². The molecule has 0 bridgehead atoms. The Morgan fingerprint density at radius 2 is 2.08 bits per heavy atom. The molecule has 2 fully saturated rings. The number of hydrogen-bond donors (Lipinski definition) is 1. The number of anilines is 1. The Bertz CT molecular complexity index is 871. The van der Waals surface area contributed by atoms with Gasteiger partial charge in [-0.2, -0.15) is 4.99 Å². The molecular weight excluding hydrogens is 491 g/mol. The van der Waals surface area contributed by atoms with Crippen LogP contribution in [-0.4, -0.2) is 53.4 Å². The number of carbonyl (C=O) groups is 2. The predicted molar refractivity (Wildman–Crippen MR) is 109 cm³/mol. The maximum absolute atomic E-state index is 12.1. The number of aliphatic carboxylic acids is 1. The number of rotatable bonds is 5. The van der Waals surface area contributed by atoms with Crippen molar-refractivity contribution in [3.63, 3.8) is 0 Å². The first-order valence-electron chi connectivity index (χ1n) is 8.00. The van der Waals surface area contributed by atoms with Crippen molar-refractivity contribution in [2.24, 2.45) is 4.99 Å². The molecule has 2 aliphatic rings. The molecule has 0 unspecified atom stereocenters. The summed E-state index contributed by atoms with van der Waals surface area (Å²) in [6, 6.07) is 7.38. The molecule has 1 amide bonds. The van der Waals surface area contributed by atoms with Crippen LogP contribution < -0.4 is 4.90 Å². The molecule has 1 aromatic carbocycles. The van der Waals surface area contributed by atoms with Gasteiger partial charge in [0.25, 0.3) is 0 Å². The lowest BCUT2D eigenvalue weighted by atomic mass is 10.2. The Balaban J connectivity index is 1.85. The average molecular weight is 508 g/mol. The van der Waals surface area contributed by atoms with Gasteiger partial charge in [0, 0.05) is 27.3 Å². The molecule has 0 spiro atoms. The van der Waals surface area contributed by atoms with E-state index in [0.717, 1.165) is 9.26 Å². The highest BCUT2D eigenvalue weighted by molar-refractivity contribution is 14.1. The standard InChI is InChI=1S/C16H17IN2O5S2/c17-10-3-1-4-11(7-10)19-12-8-26(23,24)9-13(12)25-16(19)18-14(20)5-2-6-15(21)22/h1,3-4,7,12-13H,2,5-6,8-9H2,(H,21,22)/t12-,13-/m1/s1. The molecule has 26 heavy (non-hydrogen) atoms. The fraction of sp³-hybridized carbons (Fsp3) is 0.438. The maximum atomic E-state index is 12.1. The number of amidine groups is 1. The van der Waals surface area contributed by atoms with Gasteiger partial charge < -0.3 is 10.0 Å². The first-order valence-corrected chi connectivity index (χ1v) is 11.8. The highest BCUT2D eigenvalue weighted by atomic mass is 127. The molecule has 10 heteroatoms. The van der Waals surface area contributed by atoms with Crippen molar-refractivity contribution in [1.29, 1.82) is 0 Å². The van der Waals surface area contributed by atoms with E-state index < -0.39 is 15.8 Å². The maximum Gasteiger partial charge on any atom is 0.303 e. The van der Waals surface area contributed by atoms with Gasteiger partial charge in [-0.25, -0.2) is 8.42 Å². The van der Waals surface area contributed by atoms with E-state index in [2.05, 4.69) is 27.6 Å². The lowest BCUT2D eigenvalue weighted by Gasteiger charge is -2.24. The summed E-state index contributed by atoms with van der Waals surface area (Å²) >= 11 is 3.50. The first-order chi connectivity index (χ1) is 12.2. The molecular formula is C16H17IN2O5S2. The average Bonchev–Trinajstić information content (AvgIpc) is 2.97. The number of halogens is 1. The fourth-order valence-corrected chi connectivity index (χ4v) is 7.50. The number of aliphatic imine (C=N–C) groups is 1. The minimum atomic E-state index is -3.10. The van der Waals surface area contributed by atoms with E-state index in [1.165, 1.54) is 11.8 Å². The van der Waals surface area contributed by atoms with Gasteiger partial charge in [-0.3, -0.25) is 9.59 Å². The van der Waals surface area contributed by atoms with E-state index in [1.54, 1.807) is 0 Å². The van der Waals surface area contributed by atoms with E-state index in [0.29, 0.717) is 5.17 Å². The molecule has 0 aromatic heterocycles. The van der Waals surface area contributed by atoms with Crippen LogP contribution in [0.1, 0.15) is 19.3 Å². The number of amides is 1. The van der Waals surface area contributed by atoms with Gasteiger partial charge in [0.15, 0.2) is 15.0 Å². The van der Waals surface area contributed by atoms with E-state index in [9.17, 15) is 18.0 Å². The Morgan fingerprint density at radius 3 is 2.77 bits per heavy atom. The predicted octanol–water partition coefficient (Wildman–Crippen LogP) is 2.15. The van der Waals surface area contributed by atoms with Gasteiger partial charge in [0.1, 0.15) is 0 Å². The molecule has 2 saturated heterocycles. The third-order valence-electron chi connectivity index (χ3n) is 4.15. The van der Waals surface area contributed by atoms with Crippen LogP contribution in [-0.2, 0) is 19.4 Å². The van der Waals surface area contributed by atoms with Crippen molar-refractivity contribution in [1.82, 2.24) is 0 Å². The summed E-state index contributed by atoms with van der Waals surface area (Å²) in [5, 5.41) is 9.02. The normalized spacial score (nSPS) is 25.4. The van der Waals surface area contributed by atoms with Crippen molar-refractivity contribution in [2.75, 3.05) is 16.4 Å². The molecule has 7 nitrogen and oxygen atoms in total. The smallest absolute Gasteiger partial charge is 0.303 e. The van der Waals surface area contributed by atoms with Gasteiger partial charge in [-0.15, -0.1) is 0 Å². The van der Waals surface area contributed by atoms with Gasteiger partial charge >= 0.3 is 5.97 Å². The van der Waals surface area contributed by atoms with Gasteiger partial charge in [-0.05, 0) is 47.2 Å². The summed E-state index contributed by atoms with van der Waals surface area (Å²) in [5.74, 6) is -1.20. The molecule has 0 saturated carbocycles. The minimum absolute atomic E-state index is 0.0440. The minimum Gasteiger partial charge on any atom is -0.481 e. The van der Waals surface area contributed by atoms with Crippen LogP contribution in [0, 0.1) is 3.57 Å². The fourth-order valence-electron chi connectivity index (χ4n) is 3.05. The van der Waals surface area contributed by atoms with Crippen LogP contribution in [0.2, 0.25) is 0 Å². The Morgan fingerprint density at radius 1 is 1.31 bits per heavy atom. The number of carbonyl (C=O) groups excluding carboxylic acids is 1. The van der Waals surface area contributed by atoms with E-state index >= 15 is 0 Å². The van der Waals surface area contributed by atoms with Crippen molar-refractivity contribution in [3.05, 3.63) is 27.8 Å². The van der Waals surface area contributed by atoms with Crippen LogP contribution in [0.4, 0.5) is 5.69 Å². The molecule has 1 N–H and O–H groups in total. The van der Waals surface area contributed by atoms with Crippen LogP contribution in [0.3, 0.4) is 0 Å². The second kappa shape index (κ2) is 7.85. The van der Waals surface area contributed by atoms with Gasteiger partial charge in [-0.1, -0.05) is 17.8 Å².